The monoisotopic (exact) mass is 477 g/mol. The number of methoxy groups -OCH3 is 2. The summed E-state index contributed by atoms with van der Waals surface area (Å²) in [5, 5.41) is 17.5. The molecule has 1 aromatic carbocycles. The van der Waals surface area contributed by atoms with Gasteiger partial charge in [0.2, 0.25) is 11.6 Å². The van der Waals surface area contributed by atoms with Crippen molar-refractivity contribution in [1.82, 2.24) is 19.7 Å². The molecular weight excluding hydrogens is 458 g/mol. The van der Waals surface area contributed by atoms with Crippen molar-refractivity contribution in [3.8, 4) is 11.9 Å². The molecule has 0 fully saturated rings. The molecule has 3 aromatic rings. The number of ether oxygens (including phenoxy) is 2. The predicted molar refractivity (Wildman–Crippen MR) is 115 cm³/mol. The number of nitrogens with one attached hydrogen (secondary N) is 2. The van der Waals surface area contributed by atoms with Gasteiger partial charge in [-0.15, -0.1) is 0 Å². The number of carbonyl (C=O) groups excluding carboxylic acids is 1. The molecule has 0 aliphatic heterocycles. The first kappa shape index (κ1) is 23.4. The normalized spacial score (nSPS) is 11.0. The molecule has 33 heavy (non-hydrogen) atoms. The minimum absolute atomic E-state index is 0.0729. The molecule has 1 amide bonds. The molecule has 0 radical (unpaired) electrons. The van der Waals surface area contributed by atoms with Gasteiger partial charge >= 0.3 is 11.7 Å². The molecule has 0 aliphatic carbocycles. The Balaban J connectivity index is 1.80. The Morgan fingerprint density at radius 1 is 1.18 bits per heavy atom. The maximum absolute atomic E-state index is 12.7. The number of hydrogen-bond acceptors (Lipinski definition) is 10. The van der Waals surface area contributed by atoms with E-state index in [4.69, 9.17) is 9.47 Å². The van der Waals surface area contributed by atoms with Crippen LogP contribution < -0.4 is 19.5 Å². The lowest BCUT2D eigenvalue weighted by Gasteiger charge is -2.10. The van der Waals surface area contributed by atoms with Gasteiger partial charge in [0.15, 0.2) is 5.82 Å². The first-order valence-electron chi connectivity index (χ1n) is 9.30. The second-order valence-corrected chi connectivity index (χ2v) is 8.00. The maximum atomic E-state index is 12.7. The van der Waals surface area contributed by atoms with Crippen molar-refractivity contribution in [3.63, 3.8) is 0 Å². The van der Waals surface area contributed by atoms with Crippen molar-refractivity contribution in [2.45, 2.75) is 18.4 Å². The Morgan fingerprint density at radius 2 is 1.88 bits per heavy atom. The average Bonchev–Trinajstić information content (AvgIpc) is 3.23. The summed E-state index contributed by atoms with van der Waals surface area (Å²) in [7, 11) is -1.37. The molecule has 3 rings (SSSR count). The molecule has 174 valence electrons. The molecular formula is C18H19N7O7S. The van der Waals surface area contributed by atoms with E-state index in [-0.39, 0.29) is 40.5 Å². The third-order valence-electron chi connectivity index (χ3n) is 4.27. The summed E-state index contributed by atoms with van der Waals surface area (Å²) in [6.07, 6.45) is 0.997. The van der Waals surface area contributed by atoms with Gasteiger partial charge in [-0.3, -0.25) is 24.3 Å². The fourth-order valence-corrected chi connectivity index (χ4v) is 3.73. The maximum Gasteiger partial charge on any atom is 0.321 e. The van der Waals surface area contributed by atoms with E-state index in [1.807, 2.05) is 0 Å². The van der Waals surface area contributed by atoms with Crippen LogP contribution in [0.25, 0.3) is 0 Å². The predicted octanol–water partition coefficient (Wildman–Crippen LogP) is 1.67. The van der Waals surface area contributed by atoms with Crippen LogP contribution in [-0.4, -0.2) is 53.2 Å². The summed E-state index contributed by atoms with van der Waals surface area (Å²) in [5.41, 5.74) is -0.427. The van der Waals surface area contributed by atoms with Crippen molar-refractivity contribution < 1.29 is 27.6 Å². The van der Waals surface area contributed by atoms with Gasteiger partial charge in [0.05, 0.1) is 24.0 Å². The van der Waals surface area contributed by atoms with Crippen LogP contribution in [0.5, 0.6) is 11.9 Å². The highest BCUT2D eigenvalue weighted by molar-refractivity contribution is 7.92. The second-order valence-electron chi connectivity index (χ2n) is 6.32. The third kappa shape index (κ3) is 5.15. The van der Waals surface area contributed by atoms with Crippen molar-refractivity contribution in [1.29, 1.82) is 0 Å². The zero-order chi connectivity index (χ0) is 24.2. The summed E-state index contributed by atoms with van der Waals surface area (Å²) in [6, 6.07) is 6.36. The summed E-state index contributed by atoms with van der Waals surface area (Å²) in [5.74, 6) is -0.732. The molecule has 15 heteroatoms. The molecule has 0 unspecified atom stereocenters. The number of hydrogen-bond donors (Lipinski definition) is 2. The van der Waals surface area contributed by atoms with Crippen LogP contribution in [0.15, 0.2) is 41.4 Å². The molecule has 0 aliphatic rings. The summed E-state index contributed by atoms with van der Waals surface area (Å²) >= 11 is 0. The zero-order valence-corrected chi connectivity index (χ0v) is 18.5. The van der Waals surface area contributed by atoms with Crippen LogP contribution in [-0.2, 0) is 16.6 Å². The number of carbonyl (C=O) groups is 1. The highest BCUT2D eigenvalue weighted by Gasteiger charge is 2.26. The Bertz CT molecular complexity index is 1270. The standard InChI is InChI=1S/C18H19N7O7S/c1-4-24-16(13(10-19-24)25(27)28)17(26)20-11-5-7-12(8-6-11)33(29,30)23-14-9-15(31-2)22-18(21-14)32-3/h5-10H,4H2,1-3H3,(H,20,26)(H,21,22,23). The van der Waals surface area contributed by atoms with Gasteiger partial charge in [-0.05, 0) is 31.2 Å². The Hall–Kier alpha value is -4.27. The Kier molecular flexibility index (Phi) is 6.72. The van der Waals surface area contributed by atoms with E-state index in [1.54, 1.807) is 6.92 Å². The minimum Gasteiger partial charge on any atom is -0.481 e. The van der Waals surface area contributed by atoms with Gasteiger partial charge in [-0.25, -0.2) is 8.42 Å². The molecule has 0 saturated carbocycles. The molecule has 0 spiro atoms. The summed E-state index contributed by atoms with van der Waals surface area (Å²) in [6.45, 7) is 1.93. The largest absolute Gasteiger partial charge is 0.481 e. The molecule has 2 heterocycles. The molecule has 2 N–H and O–H groups in total. The lowest BCUT2D eigenvalue weighted by atomic mass is 10.3. The number of benzene rings is 1. The average molecular weight is 477 g/mol. The molecule has 2 aromatic heterocycles. The van der Waals surface area contributed by atoms with Gasteiger partial charge in [0, 0.05) is 18.3 Å². The fraction of sp³-hybridized carbons (Fsp3) is 0.222. The summed E-state index contributed by atoms with van der Waals surface area (Å²) < 4.78 is 38.8. The smallest absolute Gasteiger partial charge is 0.321 e. The van der Waals surface area contributed by atoms with Gasteiger partial charge < -0.3 is 14.8 Å². The zero-order valence-electron chi connectivity index (χ0n) is 17.7. The van der Waals surface area contributed by atoms with Crippen LogP contribution in [0.2, 0.25) is 0 Å². The molecule has 0 atom stereocenters. The fourth-order valence-electron chi connectivity index (χ4n) is 2.74. The van der Waals surface area contributed by atoms with Crippen molar-refractivity contribution in [2.24, 2.45) is 0 Å². The number of nitro groups is 1. The number of nitrogens with zero attached hydrogens (tertiary/aromatic N) is 5. The van der Waals surface area contributed by atoms with E-state index in [2.05, 4.69) is 25.1 Å². The number of sulfonamides is 1. The van der Waals surface area contributed by atoms with Gasteiger partial charge in [0.25, 0.3) is 15.9 Å². The summed E-state index contributed by atoms with van der Waals surface area (Å²) in [4.78, 5) is 30.7. The highest BCUT2D eigenvalue weighted by Crippen LogP contribution is 2.23. The Labute approximate surface area is 187 Å². The van der Waals surface area contributed by atoms with E-state index >= 15 is 0 Å². The van der Waals surface area contributed by atoms with Crippen LogP contribution in [0.1, 0.15) is 17.4 Å². The molecule has 0 bridgehead atoms. The lowest BCUT2D eigenvalue weighted by Crippen LogP contribution is -2.19. The minimum atomic E-state index is -4.05. The molecule has 14 nitrogen and oxygen atoms in total. The highest BCUT2D eigenvalue weighted by atomic mass is 32.2. The van der Waals surface area contributed by atoms with E-state index in [9.17, 15) is 23.3 Å². The third-order valence-corrected chi connectivity index (χ3v) is 5.64. The first-order chi connectivity index (χ1) is 15.7. The molecule has 0 saturated heterocycles. The van der Waals surface area contributed by atoms with Crippen LogP contribution in [0.3, 0.4) is 0 Å². The quantitative estimate of drug-likeness (QED) is 0.340. The van der Waals surface area contributed by atoms with Gasteiger partial charge in [-0.2, -0.15) is 15.1 Å². The van der Waals surface area contributed by atoms with Crippen LogP contribution in [0, 0.1) is 10.1 Å². The van der Waals surface area contributed by atoms with Crippen molar-refractivity contribution in [3.05, 3.63) is 52.3 Å². The Morgan fingerprint density at radius 3 is 2.45 bits per heavy atom. The van der Waals surface area contributed by atoms with Crippen molar-refractivity contribution >= 4 is 33.1 Å². The van der Waals surface area contributed by atoms with E-state index in [0.29, 0.717) is 0 Å². The topological polar surface area (TPSA) is 180 Å². The van der Waals surface area contributed by atoms with Crippen LogP contribution in [0.4, 0.5) is 17.2 Å². The van der Waals surface area contributed by atoms with E-state index in [0.717, 1.165) is 6.20 Å². The number of amides is 1. The van der Waals surface area contributed by atoms with E-state index < -0.39 is 26.5 Å². The second kappa shape index (κ2) is 9.47. The SMILES string of the molecule is CCn1ncc([N+](=O)[O-])c1C(=O)Nc1ccc(S(=O)(=O)Nc2cc(OC)nc(OC)n2)cc1. The number of anilines is 2. The van der Waals surface area contributed by atoms with E-state index in [1.165, 1.54) is 49.2 Å². The van der Waals surface area contributed by atoms with Crippen molar-refractivity contribution in [2.75, 3.05) is 24.3 Å². The number of rotatable bonds is 9. The number of aromatic nitrogens is 4. The van der Waals surface area contributed by atoms with Gasteiger partial charge in [0.1, 0.15) is 6.20 Å². The number of aryl methyl sites for hydroxylation is 1. The first-order valence-corrected chi connectivity index (χ1v) is 10.8. The van der Waals surface area contributed by atoms with Gasteiger partial charge in [-0.1, -0.05) is 0 Å². The lowest BCUT2D eigenvalue weighted by molar-refractivity contribution is -0.385. The van der Waals surface area contributed by atoms with Crippen LogP contribution >= 0.6 is 0 Å².